The van der Waals surface area contributed by atoms with Crippen LogP contribution in [0.15, 0.2) is 18.2 Å². The summed E-state index contributed by atoms with van der Waals surface area (Å²) < 4.78 is 0.990. The minimum Gasteiger partial charge on any atom is -1.00 e. The Hall–Kier alpha value is -1.50. The van der Waals surface area contributed by atoms with Crippen LogP contribution in [0, 0.1) is 0 Å². The number of nitrogens with two attached hydrogens (primary N) is 1. The summed E-state index contributed by atoms with van der Waals surface area (Å²) in [7, 11) is 0. The molecule has 1 atom stereocenters. The Morgan fingerprint density at radius 1 is 1.25 bits per heavy atom. The van der Waals surface area contributed by atoms with E-state index in [9.17, 15) is 9.59 Å². The van der Waals surface area contributed by atoms with Crippen molar-refractivity contribution in [3.05, 3.63) is 23.2 Å². The molecule has 6 nitrogen and oxygen atoms in total. The molecule has 8 heteroatoms. The van der Waals surface area contributed by atoms with Gasteiger partial charge in [-0.2, -0.15) is 0 Å². The summed E-state index contributed by atoms with van der Waals surface area (Å²) >= 11 is 6.11. The average Bonchev–Trinajstić information content (AvgIpc) is 2.63. The van der Waals surface area contributed by atoms with Crippen LogP contribution in [-0.2, 0) is 9.59 Å². The monoisotopic (exact) mass is 432 g/mol. The third-order valence-corrected chi connectivity index (χ3v) is 5.58. The van der Waals surface area contributed by atoms with Gasteiger partial charge in [-0.05, 0) is 51.8 Å². The zero-order chi connectivity index (χ0) is 20.3. The predicted molar refractivity (Wildman–Crippen MR) is 113 cm³/mol. The van der Waals surface area contributed by atoms with Crippen molar-refractivity contribution in [1.82, 2.24) is 5.32 Å². The summed E-state index contributed by atoms with van der Waals surface area (Å²) in [5, 5.41) is 6.11. The topological polar surface area (TPSA) is 84.2 Å². The van der Waals surface area contributed by atoms with Crippen LogP contribution >= 0.6 is 11.6 Å². The lowest BCUT2D eigenvalue weighted by molar-refractivity contribution is -0.925. The third kappa shape index (κ3) is 9.13. The number of quaternary nitrogens is 1. The molecule has 1 unspecified atom stereocenters. The molecule has 1 aromatic carbocycles. The smallest absolute Gasteiger partial charge is 0.224 e. The molecule has 0 heterocycles. The molecule has 0 aliphatic heterocycles. The summed E-state index contributed by atoms with van der Waals surface area (Å²) in [6.45, 7) is 10.5. The molecule has 0 fully saturated rings. The maximum Gasteiger partial charge on any atom is 0.224 e. The van der Waals surface area contributed by atoms with Gasteiger partial charge in [-0.1, -0.05) is 11.6 Å². The van der Waals surface area contributed by atoms with Gasteiger partial charge in [0.1, 0.15) is 0 Å². The molecule has 160 valence electrons. The van der Waals surface area contributed by atoms with Crippen molar-refractivity contribution in [3.8, 4) is 0 Å². The van der Waals surface area contributed by atoms with Crippen molar-refractivity contribution in [3.63, 3.8) is 0 Å². The van der Waals surface area contributed by atoms with Crippen LogP contribution in [-0.4, -0.2) is 49.0 Å². The first-order valence-electron chi connectivity index (χ1n) is 9.75. The van der Waals surface area contributed by atoms with E-state index in [1.807, 2.05) is 6.92 Å². The third-order valence-electron chi connectivity index (χ3n) is 5.27. The Bertz CT molecular complexity index is 610. The van der Waals surface area contributed by atoms with Crippen molar-refractivity contribution >= 4 is 35.3 Å². The summed E-state index contributed by atoms with van der Waals surface area (Å²) in [4.78, 5) is 22.7. The largest absolute Gasteiger partial charge is 1.00 e. The van der Waals surface area contributed by atoms with Crippen molar-refractivity contribution in [2.45, 2.75) is 52.5 Å². The number of nitrogen functional groups attached to an aromatic ring is 1. The van der Waals surface area contributed by atoms with E-state index in [-0.39, 0.29) is 24.4 Å². The summed E-state index contributed by atoms with van der Waals surface area (Å²) in [5.74, 6) is -0.0317. The normalized spacial score (nSPS) is 12.0. The lowest BCUT2D eigenvalue weighted by atomic mass is 10.1. The van der Waals surface area contributed by atoms with Gasteiger partial charge in [0, 0.05) is 24.6 Å². The summed E-state index contributed by atoms with van der Waals surface area (Å²) in [5.41, 5.74) is 6.84. The van der Waals surface area contributed by atoms with Gasteiger partial charge in [0.25, 0.3) is 0 Å². The highest BCUT2D eigenvalue weighted by Gasteiger charge is 2.23. The second-order valence-electron chi connectivity index (χ2n) is 7.14. The maximum atomic E-state index is 12.2. The van der Waals surface area contributed by atoms with Gasteiger partial charge < -0.3 is 33.3 Å². The van der Waals surface area contributed by atoms with Gasteiger partial charge in [0.05, 0.1) is 36.9 Å². The number of benzene rings is 1. The quantitative estimate of drug-likeness (QED) is 0.240. The fraction of sp³-hybridized carbons (Fsp3) is 0.600. The fourth-order valence-corrected chi connectivity index (χ4v) is 3.56. The highest BCUT2D eigenvalue weighted by Crippen LogP contribution is 2.24. The molecule has 0 spiro atoms. The Kier molecular flexibility index (Phi) is 12.9. The van der Waals surface area contributed by atoms with E-state index in [1.54, 1.807) is 18.2 Å². The number of nitrogens with zero attached hydrogens (tertiary/aromatic N) is 1. The molecule has 0 aromatic heterocycles. The van der Waals surface area contributed by atoms with Crippen molar-refractivity contribution in [2.75, 3.05) is 37.2 Å². The van der Waals surface area contributed by atoms with Gasteiger partial charge in [-0.25, -0.2) is 0 Å². The van der Waals surface area contributed by atoms with Gasteiger partial charge in [-0.15, -0.1) is 0 Å². The standard InChI is InChI=1S/C20H33ClN4O2.ClH/c1-4-25(5-2,12-6-8-16(3)23-15-26)13-7-9-20(27)24-19-11-10-17(22)14-18(19)21;/h10-11,14-16H,4-9,12-13,22H2,1-3H3,(H-,23,24,26,27);1H. The zero-order valence-electron chi connectivity index (χ0n) is 17.1. The molecule has 0 bridgehead atoms. The first kappa shape index (κ1) is 26.5. The van der Waals surface area contributed by atoms with E-state index in [0.29, 0.717) is 22.8 Å². The minimum absolute atomic E-state index is 0. The van der Waals surface area contributed by atoms with E-state index in [2.05, 4.69) is 24.5 Å². The molecule has 2 amide bonds. The number of hydrogen-bond acceptors (Lipinski definition) is 3. The molecule has 0 saturated carbocycles. The number of nitrogens with one attached hydrogen (secondary N) is 2. The molecule has 0 aliphatic rings. The second-order valence-corrected chi connectivity index (χ2v) is 7.55. The number of rotatable bonds is 13. The Morgan fingerprint density at radius 3 is 2.46 bits per heavy atom. The SMILES string of the molecule is CC[N+](CC)(CCCC(=O)Nc1ccc(N)cc1Cl)CCCC(C)NC=O.[Cl-]. The minimum atomic E-state index is -0.0317. The highest BCUT2D eigenvalue weighted by atomic mass is 35.5. The first-order chi connectivity index (χ1) is 12.9. The second kappa shape index (κ2) is 13.6. The number of amides is 2. The Morgan fingerprint density at radius 2 is 1.89 bits per heavy atom. The molecular formula is C20H34Cl2N4O2. The molecule has 0 aliphatic carbocycles. The van der Waals surface area contributed by atoms with E-state index in [1.165, 1.54) is 0 Å². The van der Waals surface area contributed by atoms with Crippen molar-refractivity contribution in [1.29, 1.82) is 0 Å². The van der Waals surface area contributed by atoms with E-state index in [0.717, 1.165) is 56.3 Å². The Labute approximate surface area is 180 Å². The fourth-order valence-electron chi connectivity index (χ4n) is 3.32. The molecule has 1 rings (SSSR count). The van der Waals surface area contributed by atoms with Crippen LogP contribution < -0.4 is 28.8 Å². The van der Waals surface area contributed by atoms with Gasteiger partial charge in [0.2, 0.25) is 12.3 Å². The lowest BCUT2D eigenvalue weighted by Crippen LogP contribution is -3.00. The van der Waals surface area contributed by atoms with E-state index < -0.39 is 0 Å². The van der Waals surface area contributed by atoms with Crippen LogP contribution in [0.2, 0.25) is 5.02 Å². The first-order valence-corrected chi connectivity index (χ1v) is 10.1. The Balaban J connectivity index is 0.00000729. The van der Waals surface area contributed by atoms with Crippen LogP contribution in [0.4, 0.5) is 11.4 Å². The molecule has 4 N–H and O–H groups in total. The summed E-state index contributed by atoms with van der Waals surface area (Å²) in [6, 6.07) is 5.28. The maximum absolute atomic E-state index is 12.2. The number of hydrogen-bond donors (Lipinski definition) is 3. The number of halogens is 2. The van der Waals surface area contributed by atoms with Crippen LogP contribution in [0.5, 0.6) is 0 Å². The molecule has 28 heavy (non-hydrogen) atoms. The number of carbonyl (C=O) groups is 2. The van der Waals surface area contributed by atoms with Crippen molar-refractivity contribution in [2.24, 2.45) is 0 Å². The highest BCUT2D eigenvalue weighted by molar-refractivity contribution is 6.34. The van der Waals surface area contributed by atoms with E-state index in [4.69, 9.17) is 17.3 Å². The van der Waals surface area contributed by atoms with Gasteiger partial charge in [-0.3, -0.25) is 9.59 Å². The van der Waals surface area contributed by atoms with Gasteiger partial charge >= 0.3 is 0 Å². The molecule has 0 radical (unpaired) electrons. The van der Waals surface area contributed by atoms with E-state index >= 15 is 0 Å². The zero-order valence-corrected chi connectivity index (χ0v) is 18.7. The van der Waals surface area contributed by atoms with Gasteiger partial charge in [0.15, 0.2) is 0 Å². The molecular weight excluding hydrogens is 399 g/mol. The lowest BCUT2D eigenvalue weighted by Gasteiger charge is -2.37. The average molecular weight is 433 g/mol. The van der Waals surface area contributed by atoms with Crippen LogP contribution in [0.25, 0.3) is 0 Å². The number of carbonyl (C=O) groups excluding carboxylic acids is 2. The summed E-state index contributed by atoms with van der Waals surface area (Å²) in [6.07, 6.45) is 4.07. The van der Waals surface area contributed by atoms with Crippen LogP contribution in [0.1, 0.15) is 46.5 Å². The number of anilines is 2. The predicted octanol–water partition coefficient (Wildman–Crippen LogP) is 0.416. The molecule has 0 saturated heterocycles. The molecule has 1 aromatic rings. The van der Waals surface area contributed by atoms with Crippen molar-refractivity contribution < 1.29 is 26.5 Å². The van der Waals surface area contributed by atoms with Crippen LogP contribution in [0.3, 0.4) is 0 Å².